The van der Waals surface area contributed by atoms with Gasteiger partial charge in [-0.1, -0.05) is 42.4 Å². The summed E-state index contributed by atoms with van der Waals surface area (Å²) < 4.78 is 0. The largest absolute Gasteiger partial charge is 0.356 e. The Morgan fingerprint density at radius 3 is 2.31 bits per heavy atom. The maximum atomic E-state index is 14.9. The third kappa shape index (κ3) is 8.15. The number of piperazine rings is 1. The number of amides is 5. The Morgan fingerprint density at radius 2 is 1.67 bits per heavy atom. The van der Waals surface area contributed by atoms with E-state index in [1.807, 2.05) is 20.8 Å². The molecule has 3 atom stereocenters. The Hall–Kier alpha value is -4.41. The van der Waals surface area contributed by atoms with Gasteiger partial charge in [-0.3, -0.25) is 24.0 Å². The molecule has 2 N–H and O–H groups in total. The van der Waals surface area contributed by atoms with E-state index in [1.165, 1.54) is 11.1 Å². The van der Waals surface area contributed by atoms with Crippen molar-refractivity contribution in [3.63, 3.8) is 0 Å². The van der Waals surface area contributed by atoms with Crippen LogP contribution in [0.2, 0.25) is 0 Å². The summed E-state index contributed by atoms with van der Waals surface area (Å²) in [6.07, 6.45) is 10.5. The highest BCUT2D eigenvalue weighted by Crippen LogP contribution is 2.52. The highest BCUT2D eigenvalue weighted by molar-refractivity contribution is 5.93. The molecule has 1 aromatic carbocycles. The first-order valence-corrected chi connectivity index (χ1v) is 20.1. The quantitative estimate of drug-likeness (QED) is 0.277. The lowest BCUT2D eigenvalue weighted by Crippen LogP contribution is -2.66. The third-order valence-electron chi connectivity index (χ3n) is 12.2. The highest BCUT2D eigenvalue weighted by Gasteiger charge is 2.59. The number of carbonyl (C=O) groups excluding carboxylic acids is 5. The van der Waals surface area contributed by atoms with E-state index in [1.54, 1.807) is 19.0 Å². The van der Waals surface area contributed by atoms with E-state index in [0.717, 1.165) is 53.4 Å². The van der Waals surface area contributed by atoms with Crippen LogP contribution in [0.5, 0.6) is 0 Å². The molecule has 2 aromatic rings. The monoisotopic (exact) mass is 740 g/mol. The van der Waals surface area contributed by atoms with Gasteiger partial charge in [0.1, 0.15) is 0 Å². The lowest BCUT2D eigenvalue weighted by Gasteiger charge is -2.56. The van der Waals surface area contributed by atoms with Crippen molar-refractivity contribution in [1.29, 1.82) is 0 Å². The molecule has 0 spiro atoms. The van der Waals surface area contributed by atoms with E-state index >= 15 is 0 Å². The molecule has 5 amide bonds. The number of benzene rings is 1. The Labute approximate surface area is 320 Å². The maximum Gasteiger partial charge on any atom is 0.228 e. The summed E-state index contributed by atoms with van der Waals surface area (Å²) in [4.78, 5) is 79.1. The number of hydrogen-bond donors (Lipinski definition) is 2. The van der Waals surface area contributed by atoms with Gasteiger partial charge in [0.15, 0.2) is 0 Å². The van der Waals surface area contributed by atoms with E-state index in [-0.39, 0.29) is 48.3 Å². The average Bonchev–Trinajstić information content (AvgIpc) is 3.94. The van der Waals surface area contributed by atoms with E-state index in [4.69, 9.17) is 0 Å². The van der Waals surface area contributed by atoms with Crippen LogP contribution in [-0.2, 0) is 42.4 Å². The van der Waals surface area contributed by atoms with Crippen molar-refractivity contribution in [3.8, 4) is 0 Å². The number of fused-ring (bicyclic) bond motifs is 5. The number of aromatic nitrogens is 1. The van der Waals surface area contributed by atoms with Crippen LogP contribution >= 0.6 is 0 Å². The number of hydrogen-bond acceptors (Lipinski definition) is 5. The number of aromatic amines is 1. The summed E-state index contributed by atoms with van der Waals surface area (Å²) in [7, 11) is 3.53. The van der Waals surface area contributed by atoms with Gasteiger partial charge in [-0.15, -0.1) is 0 Å². The Kier molecular flexibility index (Phi) is 12.0. The summed E-state index contributed by atoms with van der Waals surface area (Å²) in [5.41, 5.74) is 5.63. The fraction of sp³-hybridized carbons (Fsp3) is 0.605. The average molecular weight is 741 g/mol. The van der Waals surface area contributed by atoms with Gasteiger partial charge in [0.05, 0.1) is 11.5 Å². The molecule has 1 aromatic heterocycles. The standard InChI is InChI=1S/C43H60N6O5/c1-7-43-35(42(54)48-23-21-47(22-24-48)40(52)31-13-14-31)26-32(27-37(50)44-19-17-29(4)10-8-9-28(2)3)41(53)49(43)20-18-34-33-15-11-30(12-16-38(51)46(5)6)25-36(33)45-39(34)43/h9,11,15,17,25,31-32,35,45H,7-8,10,12-14,16,18-24,26-27H2,1-6H3,(H,44,50)/b29-17+/t32-,35-,43+/m1/s1. The molecule has 4 heterocycles. The number of rotatable bonds is 13. The molecule has 11 nitrogen and oxygen atoms in total. The van der Waals surface area contributed by atoms with Gasteiger partial charge in [-0.2, -0.15) is 0 Å². The predicted molar refractivity (Wildman–Crippen MR) is 210 cm³/mol. The second-order valence-corrected chi connectivity index (χ2v) is 16.5. The summed E-state index contributed by atoms with van der Waals surface area (Å²) in [6, 6.07) is 6.30. The van der Waals surface area contributed by atoms with E-state index in [2.05, 4.69) is 62.3 Å². The molecular formula is C43H60N6O5. The SMILES string of the molecule is CC[C@]12c3[nH]c4cc(CCC(=O)N(C)C)ccc4c3CCN1C(=O)[C@@H](CC(=O)NC/C=C(\C)CCC=C(C)C)C[C@@H]2C(=O)N1CCN(C(=O)C2CC2)CC1. The van der Waals surface area contributed by atoms with Crippen LogP contribution in [-0.4, -0.2) is 107 Å². The van der Waals surface area contributed by atoms with Crippen molar-refractivity contribution in [3.05, 3.63) is 58.3 Å². The van der Waals surface area contributed by atoms with Gasteiger partial charge in [-0.05, 0) is 89.3 Å². The van der Waals surface area contributed by atoms with Crippen molar-refractivity contribution in [1.82, 2.24) is 29.9 Å². The molecule has 0 unspecified atom stereocenters. The Bertz CT molecular complexity index is 1830. The molecule has 6 rings (SSSR count). The first kappa shape index (κ1) is 39.3. The second-order valence-electron chi connectivity index (χ2n) is 16.5. The number of piperidine rings is 1. The third-order valence-corrected chi connectivity index (χ3v) is 12.2. The van der Waals surface area contributed by atoms with Gasteiger partial charge in [0, 0.05) is 94.6 Å². The molecule has 3 fully saturated rings. The van der Waals surface area contributed by atoms with E-state index in [9.17, 15) is 24.0 Å². The molecule has 0 bridgehead atoms. The lowest BCUT2D eigenvalue weighted by molar-refractivity contribution is -0.167. The molecule has 4 aliphatic rings. The number of nitrogens with zero attached hydrogens (tertiary/aromatic N) is 4. The van der Waals surface area contributed by atoms with Crippen LogP contribution in [0.4, 0.5) is 0 Å². The lowest BCUT2D eigenvalue weighted by atomic mass is 9.65. The van der Waals surface area contributed by atoms with Crippen molar-refractivity contribution < 1.29 is 24.0 Å². The highest BCUT2D eigenvalue weighted by atomic mass is 16.2. The zero-order valence-electron chi connectivity index (χ0n) is 33.3. The summed E-state index contributed by atoms with van der Waals surface area (Å²) in [5.74, 6) is -1.04. The zero-order valence-corrected chi connectivity index (χ0v) is 33.3. The molecule has 0 radical (unpaired) electrons. The Balaban J connectivity index is 1.27. The van der Waals surface area contributed by atoms with Gasteiger partial charge >= 0.3 is 0 Å². The number of H-pyrrole nitrogens is 1. The number of allylic oxidation sites excluding steroid dienone is 3. The van der Waals surface area contributed by atoms with Gasteiger partial charge < -0.3 is 29.9 Å². The van der Waals surface area contributed by atoms with Crippen LogP contribution in [0.25, 0.3) is 10.9 Å². The summed E-state index contributed by atoms with van der Waals surface area (Å²) in [5, 5.41) is 4.09. The van der Waals surface area contributed by atoms with Crippen molar-refractivity contribution in [2.75, 3.05) is 53.4 Å². The molecular weight excluding hydrogens is 681 g/mol. The topological polar surface area (TPSA) is 126 Å². The maximum absolute atomic E-state index is 14.9. The molecule has 3 aliphatic heterocycles. The minimum absolute atomic E-state index is 0.0115. The van der Waals surface area contributed by atoms with Gasteiger partial charge in [0.25, 0.3) is 0 Å². The smallest absolute Gasteiger partial charge is 0.228 e. The first-order chi connectivity index (χ1) is 25.8. The minimum atomic E-state index is -0.902. The molecule has 1 aliphatic carbocycles. The predicted octanol–water partition coefficient (Wildman–Crippen LogP) is 5.09. The van der Waals surface area contributed by atoms with Crippen LogP contribution < -0.4 is 5.32 Å². The molecule has 292 valence electrons. The first-order valence-electron chi connectivity index (χ1n) is 20.1. The van der Waals surface area contributed by atoms with Crippen LogP contribution in [0.15, 0.2) is 41.5 Å². The molecule has 54 heavy (non-hydrogen) atoms. The fourth-order valence-corrected chi connectivity index (χ4v) is 8.96. The number of carbonyl (C=O) groups is 5. The van der Waals surface area contributed by atoms with Crippen LogP contribution in [0.3, 0.4) is 0 Å². The number of aryl methyl sites for hydroxylation is 1. The molecule has 2 saturated heterocycles. The normalized spacial score (nSPS) is 22.8. The minimum Gasteiger partial charge on any atom is -0.356 e. The zero-order chi connectivity index (χ0) is 38.7. The van der Waals surface area contributed by atoms with E-state index < -0.39 is 17.4 Å². The van der Waals surface area contributed by atoms with Crippen molar-refractivity contribution >= 4 is 40.4 Å². The van der Waals surface area contributed by atoms with Gasteiger partial charge in [-0.25, -0.2) is 0 Å². The molecule has 11 heteroatoms. The summed E-state index contributed by atoms with van der Waals surface area (Å²) in [6.45, 7) is 11.1. The van der Waals surface area contributed by atoms with Crippen molar-refractivity contribution in [2.45, 2.75) is 97.4 Å². The second kappa shape index (κ2) is 16.5. The van der Waals surface area contributed by atoms with Crippen LogP contribution in [0, 0.1) is 17.8 Å². The molecule has 1 saturated carbocycles. The fourth-order valence-electron chi connectivity index (χ4n) is 8.96. The van der Waals surface area contributed by atoms with Crippen LogP contribution in [0.1, 0.15) is 95.9 Å². The number of nitrogens with one attached hydrogen (secondary N) is 2. The Morgan fingerprint density at radius 1 is 0.963 bits per heavy atom. The van der Waals surface area contributed by atoms with Crippen molar-refractivity contribution in [2.24, 2.45) is 17.8 Å². The van der Waals surface area contributed by atoms with Gasteiger partial charge in [0.2, 0.25) is 29.5 Å². The summed E-state index contributed by atoms with van der Waals surface area (Å²) >= 11 is 0. The van der Waals surface area contributed by atoms with E-state index in [0.29, 0.717) is 65.0 Å².